The number of nitrogens with zero attached hydrogens (tertiary/aromatic N) is 1. The highest BCUT2D eigenvalue weighted by atomic mass is 32.2. The molecule has 1 aliphatic rings. The van der Waals surface area contributed by atoms with Crippen LogP contribution in [0.1, 0.15) is 34.6 Å². The number of imide groups is 1. The number of benzene rings is 2. The van der Waals surface area contributed by atoms with Gasteiger partial charge in [0.1, 0.15) is 16.8 Å². The monoisotopic (exact) mass is 420 g/mol. The Morgan fingerprint density at radius 3 is 2.03 bits per heavy atom. The second-order valence-electron chi connectivity index (χ2n) is 6.63. The van der Waals surface area contributed by atoms with Crippen molar-refractivity contribution in [2.75, 3.05) is 0 Å². The fraction of sp³-hybridized carbons (Fsp3) is 0.211. The minimum absolute atomic E-state index is 0.0679. The predicted octanol–water partition coefficient (Wildman–Crippen LogP) is 1.88. The molecule has 0 radical (unpaired) electrons. The zero-order chi connectivity index (χ0) is 21.3. The molecule has 1 N–H and O–H groups in total. The molecule has 2 aromatic rings. The van der Waals surface area contributed by atoms with Crippen molar-refractivity contribution in [1.29, 1.82) is 0 Å². The van der Waals surface area contributed by atoms with E-state index >= 15 is 0 Å². The van der Waals surface area contributed by atoms with Crippen molar-refractivity contribution >= 4 is 27.8 Å². The van der Waals surface area contributed by atoms with Gasteiger partial charge in [0.2, 0.25) is 10.0 Å². The highest BCUT2D eigenvalue weighted by Gasteiger charge is 2.41. The summed E-state index contributed by atoms with van der Waals surface area (Å²) in [5, 5.41) is 0.291. The third-order valence-electron chi connectivity index (χ3n) is 4.27. The highest BCUT2D eigenvalue weighted by Crippen LogP contribution is 2.24. The van der Waals surface area contributed by atoms with Crippen LogP contribution in [0.4, 0.5) is 4.39 Å². The SMILES string of the molecule is CC(C)C(NS(=O)(=O)c1ccccc1F)C(=O)ON1C(=O)c2ccccc2C1=O. The van der Waals surface area contributed by atoms with Crippen molar-refractivity contribution in [1.82, 2.24) is 9.79 Å². The molecule has 2 amide bonds. The first kappa shape index (κ1) is 20.6. The summed E-state index contributed by atoms with van der Waals surface area (Å²) >= 11 is 0. The molecule has 0 fully saturated rings. The molecule has 0 saturated carbocycles. The molecule has 3 rings (SSSR count). The zero-order valence-corrected chi connectivity index (χ0v) is 16.3. The summed E-state index contributed by atoms with van der Waals surface area (Å²) in [5.41, 5.74) is 0.136. The molecular weight excluding hydrogens is 403 g/mol. The van der Waals surface area contributed by atoms with Gasteiger partial charge in [-0.1, -0.05) is 43.2 Å². The van der Waals surface area contributed by atoms with Crippen LogP contribution < -0.4 is 4.72 Å². The molecule has 8 nitrogen and oxygen atoms in total. The molecule has 1 unspecified atom stereocenters. The maximum Gasteiger partial charge on any atom is 0.351 e. The summed E-state index contributed by atoms with van der Waals surface area (Å²) in [4.78, 5) is 41.5. The van der Waals surface area contributed by atoms with Crippen LogP contribution in [0, 0.1) is 11.7 Å². The predicted molar refractivity (Wildman–Crippen MR) is 98.4 cm³/mol. The molecule has 0 bridgehead atoms. The standard InChI is InChI=1S/C19H17FN2O6S/c1-11(2)16(21-29(26,27)15-10-6-5-9-14(15)20)19(25)28-22-17(23)12-7-3-4-8-13(12)18(22)24/h3-11,16,21H,1-2H3. The van der Waals surface area contributed by atoms with Crippen LogP contribution in [0.15, 0.2) is 53.4 Å². The van der Waals surface area contributed by atoms with Gasteiger partial charge in [0.15, 0.2) is 0 Å². The van der Waals surface area contributed by atoms with Crippen LogP contribution in [0.25, 0.3) is 0 Å². The number of hydrogen-bond acceptors (Lipinski definition) is 6. The van der Waals surface area contributed by atoms with Gasteiger partial charge in [0.25, 0.3) is 11.8 Å². The van der Waals surface area contributed by atoms with Gasteiger partial charge in [0, 0.05) is 0 Å². The van der Waals surface area contributed by atoms with Crippen molar-refractivity contribution < 1.29 is 32.0 Å². The van der Waals surface area contributed by atoms with Gasteiger partial charge in [-0.3, -0.25) is 9.59 Å². The maximum atomic E-state index is 13.9. The normalized spacial score (nSPS) is 14.8. The number of nitrogens with one attached hydrogen (secondary N) is 1. The fourth-order valence-electron chi connectivity index (χ4n) is 2.75. The molecule has 1 aliphatic heterocycles. The quantitative estimate of drug-likeness (QED) is 0.715. The van der Waals surface area contributed by atoms with Crippen LogP contribution in [-0.2, 0) is 19.7 Å². The fourth-order valence-corrected chi connectivity index (χ4v) is 4.16. The van der Waals surface area contributed by atoms with E-state index in [0.29, 0.717) is 5.06 Å². The number of hydroxylamine groups is 2. The molecule has 152 valence electrons. The molecular formula is C19H17FN2O6S. The molecule has 10 heteroatoms. The van der Waals surface area contributed by atoms with Gasteiger partial charge in [-0.05, 0) is 30.2 Å². The number of hydrogen-bond donors (Lipinski definition) is 1. The lowest BCUT2D eigenvalue weighted by Gasteiger charge is -2.22. The highest BCUT2D eigenvalue weighted by molar-refractivity contribution is 7.89. The van der Waals surface area contributed by atoms with E-state index in [0.717, 1.165) is 12.1 Å². The molecule has 1 atom stereocenters. The Hall–Kier alpha value is -3.11. The Bertz CT molecular complexity index is 1060. The second kappa shape index (κ2) is 7.72. The Labute approximate surface area is 166 Å². The first-order valence-electron chi connectivity index (χ1n) is 8.60. The van der Waals surface area contributed by atoms with Crippen LogP contribution in [0.3, 0.4) is 0 Å². The lowest BCUT2D eigenvalue weighted by Crippen LogP contribution is -2.48. The van der Waals surface area contributed by atoms with E-state index in [4.69, 9.17) is 4.84 Å². The average molecular weight is 420 g/mol. The van der Waals surface area contributed by atoms with Crippen molar-refractivity contribution in [2.24, 2.45) is 5.92 Å². The Morgan fingerprint density at radius 1 is 1.00 bits per heavy atom. The molecule has 1 heterocycles. The first-order valence-corrected chi connectivity index (χ1v) is 10.1. The Morgan fingerprint density at radius 2 is 1.52 bits per heavy atom. The van der Waals surface area contributed by atoms with Crippen LogP contribution in [0.2, 0.25) is 0 Å². The van der Waals surface area contributed by atoms with Crippen LogP contribution >= 0.6 is 0 Å². The summed E-state index contributed by atoms with van der Waals surface area (Å²) in [6, 6.07) is 9.12. The molecule has 29 heavy (non-hydrogen) atoms. The van der Waals surface area contributed by atoms with Crippen LogP contribution in [-0.4, -0.2) is 37.3 Å². The summed E-state index contributed by atoms with van der Waals surface area (Å²) in [6.07, 6.45) is 0. The third kappa shape index (κ3) is 3.89. The molecule has 0 saturated heterocycles. The lowest BCUT2D eigenvalue weighted by atomic mass is 10.1. The largest absolute Gasteiger partial charge is 0.351 e. The maximum absolute atomic E-state index is 13.9. The Balaban J connectivity index is 1.82. The lowest BCUT2D eigenvalue weighted by molar-refractivity contribution is -0.171. The van der Waals surface area contributed by atoms with Gasteiger partial charge in [-0.2, -0.15) is 4.72 Å². The molecule has 0 aromatic heterocycles. The number of carbonyl (C=O) groups excluding carboxylic acids is 3. The zero-order valence-electron chi connectivity index (χ0n) is 15.5. The molecule has 0 spiro atoms. The van der Waals surface area contributed by atoms with E-state index in [1.165, 1.54) is 38.1 Å². The second-order valence-corrected chi connectivity index (χ2v) is 8.32. The summed E-state index contributed by atoms with van der Waals surface area (Å²) < 4.78 is 41.0. The van der Waals surface area contributed by atoms with E-state index in [1.807, 2.05) is 0 Å². The van der Waals surface area contributed by atoms with Gasteiger partial charge in [-0.15, -0.1) is 0 Å². The topological polar surface area (TPSA) is 110 Å². The van der Waals surface area contributed by atoms with Gasteiger partial charge in [0.05, 0.1) is 11.1 Å². The number of rotatable bonds is 6. The van der Waals surface area contributed by atoms with E-state index in [2.05, 4.69) is 4.72 Å². The number of fused-ring (bicyclic) bond motifs is 1. The summed E-state index contributed by atoms with van der Waals surface area (Å²) in [5.74, 6) is -4.46. The van der Waals surface area contributed by atoms with Crippen molar-refractivity contribution in [3.05, 3.63) is 65.5 Å². The van der Waals surface area contributed by atoms with E-state index in [-0.39, 0.29) is 11.1 Å². The van der Waals surface area contributed by atoms with Crippen molar-refractivity contribution in [3.8, 4) is 0 Å². The van der Waals surface area contributed by atoms with Gasteiger partial charge >= 0.3 is 5.97 Å². The number of carbonyl (C=O) groups is 3. The minimum Gasteiger partial charge on any atom is -0.328 e. The Kier molecular flexibility index (Phi) is 5.49. The van der Waals surface area contributed by atoms with Crippen molar-refractivity contribution in [3.63, 3.8) is 0 Å². The van der Waals surface area contributed by atoms with E-state index in [1.54, 1.807) is 12.1 Å². The van der Waals surface area contributed by atoms with Crippen molar-refractivity contribution in [2.45, 2.75) is 24.8 Å². The molecule has 0 aliphatic carbocycles. The van der Waals surface area contributed by atoms with E-state index < -0.39 is 50.5 Å². The smallest absolute Gasteiger partial charge is 0.328 e. The number of amides is 2. The molecule has 2 aromatic carbocycles. The van der Waals surface area contributed by atoms with Gasteiger partial charge in [-0.25, -0.2) is 17.6 Å². The third-order valence-corrected chi connectivity index (χ3v) is 5.74. The minimum atomic E-state index is -4.41. The summed E-state index contributed by atoms with van der Waals surface area (Å²) in [6.45, 7) is 3.05. The van der Waals surface area contributed by atoms with Crippen LogP contribution in [0.5, 0.6) is 0 Å². The number of sulfonamides is 1. The first-order chi connectivity index (χ1) is 13.6. The number of halogens is 1. The summed E-state index contributed by atoms with van der Waals surface area (Å²) in [7, 11) is -4.41. The van der Waals surface area contributed by atoms with E-state index in [9.17, 15) is 27.2 Å². The average Bonchev–Trinajstić information content (AvgIpc) is 2.91. The van der Waals surface area contributed by atoms with Gasteiger partial charge < -0.3 is 4.84 Å².